The second-order valence-electron chi connectivity index (χ2n) is 11.0. The Bertz CT molecular complexity index is 1850. The van der Waals surface area contributed by atoms with Gasteiger partial charge in [-0.25, -0.2) is 0 Å². The predicted molar refractivity (Wildman–Crippen MR) is 198 cm³/mol. The second kappa shape index (κ2) is 17.4. The van der Waals surface area contributed by atoms with Crippen molar-refractivity contribution in [1.82, 2.24) is 0 Å². The Hall–Kier alpha value is -4.32. The summed E-state index contributed by atoms with van der Waals surface area (Å²) in [5.74, 6) is 0. The minimum absolute atomic E-state index is 0. The molecule has 0 N–H and O–H groups in total. The van der Waals surface area contributed by atoms with Crippen LogP contribution in [0, 0.1) is 0 Å². The molecule has 8 rings (SSSR count). The molecule has 0 spiro atoms. The maximum atomic E-state index is 2.35. The zero-order chi connectivity index (χ0) is 30.5. The van der Waals surface area contributed by atoms with E-state index in [-0.39, 0.29) is 21.7 Å². The van der Waals surface area contributed by atoms with Gasteiger partial charge in [0.1, 0.15) is 0 Å². The molecule has 0 saturated carbocycles. The van der Waals surface area contributed by atoms with Crippen LogP contribution in [-0.2, 0) is 34.6 Å². The average molecular weight is 645 g/mol. The molecule has 0 aliphatic heterocycles. The normalized spacial score (nSPS) is 10.4. The van der Waals surface area contributed by atoms with E-state index in [1.807, 2.05) is 0 Å². The third-order valence-electron chi connectivity index (χ3n) is 7.83. The third kappa shape index (κ3) is 9.12. The fourth-order valence-electron chi connectivity index (χ4n) is 5.51. The van der Waals surface area contributed by atoms with Crippen LogP contribution in [0.3, 0.4) is 0 Å². The molecule has 8 aromatic carbocycles. The Kier molecular flexibility index (Phi) is 12.5. The smallest absolute Gasteiger partial charge is 0.168 e. The largest absolute Gasteiger partial charge is 2.00 e. The van der Waals surface area contributed by atoms with Crippen molar-refractivity contribution in [2.45, 2.75) is 12.8 Å². The van der Waals surface area contributed by atoms with Gasteiger partial charge in [0.05, 0.1) is 0 Å². The molecule has 46 heavy (non-hydrogen) atoms. The SMILES string of the molecule is [Ti+2].c1ccc(CCc2ccccc2)cc1.c1ccc(P(c2ccccc2)c2cc3ccccc3[cH-]2)cc1.c1ccc2[cH-]ccc2c1. The van der Waals surface area contributed by atoms with Crippen LogP contribution in [-0.4, -0.2) is 0 Å². The van der Waals surface area contributed by atoms with E-state index in [4.69, 9.17) is 0 Å². The zero-order valence-corrected chi connectivity index (χ0v) is 28.4. The molecular formula is C44H37PTi. The molecule has 0 aliphatic rings. The monoisotopic (exact) mass is 644 g/mol. The van der Waals surface area contributed by atoms with Gasteiger partial charge < -0.3 is 0 Å². The number of aryl methyl sites for hydroxylation is 2. The summed E-state index contributed by atoms with van der Waals surface area (Å²) in [6.07, 6.45) is 2.26. The van der Waals surface area contributed by atoms with Crippen LogP contribution in [0.1, 0.15) is 11.1 Å². The first-order valence-corrected chi connectivity index (χ1v) is 16.9. The molecule has 222 valence electrons. The average Bonchev–Trinajstić information content (AvgIpc) is 3.78. The van der Waals surface area contributed by atoms with E-state index < -0.39 is 7.92 Å². The Morgan fingerprint density at radius 2 is 0.848 bits per heavy atom. The van der Waals surface area contributed by atoms with Crippen LogP contribution in [0.5, 0.6) is 0 Å². The Labute approximate surface area is 289 Å². The third-order valence-corrected chi connectivity index (χ3v) is 10.2. The van der Waals surface area contributed by atoms with Crippen molar-refractivity contribution in [3.05, 3.63) is 211 Å². The number of hydrogen-bond acceptors (Lipinski definition) is 0. The summed E-state index contributed by atoms with van der Waals surface area (Å²) in [6.45, 7) is 0. The van der Waals surface area contributed by atoms with Gasteiger partial charge in [-0.1, -0.05) is 133 Å². The first-order valence-electron chi connectivity index (χ1n) is 15.6. The molecule has 0 fully saturated rings. The topological polar surface area (TPSA) is 0 Å². The summed E-state index contributed by atoms with van der Waals surface area (Å²) in [5.41, 5.74) is 2.83. The zero-order valence-electron chi connectivity index (χ0n) is 25.9. The standard InChI is InChI=1S/C21H16P.C14H14.C9H7.Ti/c1-3-11-19(12-4-1)22(20-13-5-2-6-14-20)21-15-17-9-7-8-10-18(17)16-21;1-3-7-13(8-4-1)11-12-14-9-5-2-6-10-14;1-2-5-9-7-3-6-8(9)4-1;/h1-16H;1-10H,11-12H2;1-7H;/q-1;;-1;+2. The Balaban J connectivity index is 0.000000148. The molecular weight excluding hydrogens is 607 g/mol. The van der Waals surface area contributed by atoms with Crippen LogP contribution in [0.25, 0.3) is 21.5 Å². The van der Waals surface area contributed by atoms with Crippen molar-refractivity contribution in [3.63, 3.8) is 0 Å². The molecule has 0 aromatic heterocycles. The van der Waals surface area contributed by atoms with E-state index in [0.29, 0.717) is 0 Å². The number of hydrogen-bond donors (Lipinski definition) is 0. The van der Waals surface area contributed by atoms with Gasteiger partial charge in [0.25, 0.3) is 0 Å². The maximum absolute atomic E-state index is 2.35. The van der Waals surface area contributed by atoms with Crippen molar-refractivity contribution < 1.29 is 21.7 Å². The van der Waals surface area contributed by atoms with Crippen LogP contribution in [0.2, 0.25) is 0 Å². The molecule has 0 nitrogen and oxygen atoms in total. The summed E-state index contributed by atoms with van der Waals surface area (Å²) in [5, 5.41) is 9.55. The van der Waals surface area contributed by atoms with Crippen LogP contribution >= 0.6 is 7.92 Å². The molecule has 0 unspecified atom stereocenters. The molecule has 8 aromatic rings. The van der Waals surface area contributed by atoms with Gasteiger partial charge in [0.15, 0.2) is 0 Å². The Morgan fingerprint density at radius 3 is 1.35 bits per heavy atom. The summed E-state index contributed by atoms with van der Waals surface area (Å²) in [4.78, 5) is 0. The quantitative estimate of drug-likeness (QED) is 0.0960. The van der Waals surface area contributed by atoms with Crippen LogP contribution in [0.4, 0.5) is 0 Å². The summed E-state index contributed by atoms with van der Waals surface area (Å²) in [7, 11) is -0.493. The van der Waals surface area contributed by atoms with E-state index in [9.17, 15) is 0 Å². The van der Waals surface area contributed by atoms with E-state index in [1.165, 1.54) is 48.6 Å². The minimum atomic E-state index is -0.493. The molecule has 0 amide bonds. The van der Waals surface area contributed by atoms with E-state index >= 15 is 0 Å². The van der Waals surface area contributed by atoms with Gasteiger partial charge in [-0.2, -0.15) is 23.6 Å². The van der Waals surface area contributed by atoms with Gasteiger partial charge in [0.2, 0.25) is 0 Å². The first-order chi connectivity index (χ1) is 22.3. The fourth-order valence-corrected chi connectivity index (χ4v) is 7.88. The van der Waals surface area contributed by atoms with Crippen molar-refractivity contribution in [2.24, 2.45) is 0 Å². The van der Waals surface area contributed by atoms with Crippen molar-refractivity contribution in [2.75, 3.05) is 0 Å². The molecule has 0 saturated heterocycles. The van der Waals surface area contributed by atoms with Gasteiger partial charge in [-0.05, 0) is 42.5 Å². The number of benzene rings is 6. The fraction of sp³-hybridized carbons (Fsp3) is 0.0455. The second-order valence-corrected chi connectivity index (χ2v) is 13.2. The number of rotatable bonds is 6. The molecule has 0 radical (unpaired) electrons. The van der Waals surface area contributed by atoms with Crippen molar-refractivity contribution >= 4 is 45.4 Å². The van der Waals surface area contributed by atoms with Gasteiger partial charge in [-0.3, -0.25) is 0 Å². The number of fused-ring (bicyclic) bond motifs is 2. The predicted octanol–water partition coefficient (Wildman–Crippen LogP) is 10.3. The van der Waals surface area contributed by atoms with E-state index in [2.05, 4.69) is 200 Å². The molecule has 0 bridgehead atoms. The Morgan fingerprint density at radius 1 is 0.413 bits per heavy atom. The van der Waals surface area contributed by atoms with Crippen LogP contribution in [0.15, 0.2) is 200 Å². The molecule has 0 atom stereocenters. The molecule has 0 aliphatic carbocycles. The van der Waals surface area contributed by atoms with Crippen molar-refractivity contribution in [1.29, 1.82) is 0 Å². The first kappa shape index (κ1) is 33.1. The van der Waals surface area contributed by atoms with Gasteiger partial charge in [-0.15, -0.1) is 70.0 Å². The molecule has 2 heteroatoms. The van der Waals surface area contributed by atoms with Gasteiger partial charge >= 0.3 is 21.7 Å². The minimum Gasteiger partial charge on any atom is -0.168 e. The van der Waals surface area contributed by atoms with Crippen LogP contribution < -0.4 is 15.9 Å². The van der Waals surface area contributed by atoms with E-state index in [1.54, 1.807) is 0 Å². The summed E-state index contributed by atoms with van der Waals surface area (Å²) >= 11 is 0. The summed E-state index contributed by atoms with van der Waals surface area (Å²) in [6, 6.07) is 70.9. The van der Waals surface area contributed by atoms with Gasteiger partial charge in [0, 0.05) is 0 Å². The van der Waals surface area contributed by atoms with Crippen molar-refractivity contribution in [3.8, 4) is 0 Å². The summed E-state index contributed by atoms with van der Waals surface area (Å²) < 4.78 is 0. The van der Waals surface area contributed by atoms with E-state index in [0.717, 1.165) is 12.8 Å². The molecule has 0 heterocycles. The maximum Gasteiger partial charge on any atom is 2.00 e.